The van der Waals surface area contributed by atoms with Crippen molar-refractivity contribution in [3.63, 3.8) is 0 Å². The van der Waals surface area contributed by atoms with Crippen molar-refractivity contribution in [3.05, 3.63) is 89.8 Å². The SMILES string of the molecule is Fc1ccc(-n2nccc2-c2ccc3noc(-c4ccc(Cl)cc4)c3c2)cc1. The normalized spacial score (nSPS) is 11.2. The Morgan fingerprint density at radius 2 is 1.61 bits per heavy atom. The second kappa shape index (κ2) is 6.62. The topological polar surface area (TPSA) is 43.9 Å². The Hall–Kier alpha value is -3.44. The molecule has 0 unspecified atom stereocenters. The Kier molecular flexibility index (Phi) is 3.95. The first-order valence-corrected chi connectivity index (χ1v) is 9.02. The van der Waals surface area contributed by atoms with Gasteiger partial charge in [-0.1, -0.05) is 22.8 Å². The zero-order valence-corrected chi connectivity index (χ0v) is 15.3. The molecule has 4 nitrogen and oxygen atoms in total. The standard InChI is InChI=1S/C22H13ClFN3O/c23-16-4-1-14(2-5-16)22-19-13-15(3-10-20(19)26-28-22)21-11-12-25-27(21)18-8-6-17(24)7-9-18/h1-13H. The maximum atomic E-state index is 13.3. The van der Waals surface area contributed by atoms with Crippen molar-refractivity contribution in [1.29, 1.82) is 0 Å². The van der Waals surface area contributed by atoms with E-state index in [0.29, 0.717) is 10.8 Å². The molecule has 5 rings (SSSR count). The Morgan fingerprint density at radius 3 is 2.39 bits per heavy atom. The fraction of sp³-hybridized carbons (Fsp3) is 0. The van der Waals surface area contributed by atoms with Gasteiger partial charge in [-0.25, -0.2) is 9.07 Å². The minimum absolute atomic E-state index is 0.282. The molecule has 0 saturated heterocycles. The number of aromatic nitrogens is 3. The summed E-state index contributed by atoms with van der Waals surface area (Å²) in [7, 11) is 0. The van der Waals surface area contributed by atoms with Crippen molar-refractivity contribution in [2.75, 3.05) is 0 Å². The number of hydrogen-bond acceptors (Lipinski definition) is 3. The van der Waals surface area contributed by atoms with Gasteiger partial charge in [-0.2, -0.15) is 5.10 Å². The lowest BCUT2D eigenvalue weighted by Gasteiger charge is -2.08. The third-order valence-electron chi connectivity index (χ3n) is 4.59. The van der Waals surface area contributed by atoms with Gasteiger partial charge in [0.05, 0.1) is 23.0 Å². The van der Waals surface area contributed by atoms with E-state index in [0.717, 1.165) is 33.4 Å². The van der Waals surface area contributed by atoms with Crippen LogP contribution in [0, 0.1) is 5.82 Å². The van der Waals surface area contributed by atoms with E-state index in [4.69, 9.17) is 16.1 Å². The molecule has 0 N–H and O–H groups in total. The third-order valence-corrected chi connectivity index (χ3v) is 4.84. The molecule has 6 heteroatoms. The van der Waals surface area contributed by atoms with E-state index in [9.17, 15) is 4.39 Å². The van der Waals surface area contributed by atoms with Crippen LogP contribution in [-0.2, 0) is 0 Å². The number of benzene rings is 3. The summed E-state index contributed by atoms with van der Waals surface area (Å²) in [6, 6.07) is 21.5. The summed E-state index contributed by atoms with van der Waals surface area (Å²) < 4.78 is 20.6. The fourth-order valence-corrected chi connectivity index (χ4v) is 3.35. The molecular formula is C22H13ClFN3O. The first kappa shape index (κ1) is 16.7. The van der Waals surface area contributed by atoms with Crippen LogP contribution in [0.5, 0.6) is 0 Å². The van der Waals surface area contributed by atoms with Crippen LogP contribution in [0.3, 0.4) is 0 Å². The molecule has 0 aliphatic carbocycles. The molecule has 0 bridgehead atoms. The maximum Gasteiger partial charge on any atom is 0.174 e. The Labute approximate surface area is 164 Å². The molecule has 0 spiro atoms. The van der Waals surface area contributed by atoms with Crippen molar-refractivity contribution in [1.82, 2.24) is 14.9 Å². The highest BCUT2D eigenvalue weighted by atomic mass is 35.5. The maximum absolute atomic E-state index is 13.3. The van der Waals surface area contributed by atoms with E-state index in [1.54, 1.807) is 23.0 Å². The van der Waals surface area contributed by atoms with Gasteiger partial charge in [0.2, 0.25) is 0 Å². The van der Waals surface area contributed by atoms with Gasteiger partial charge in [-0.3, -0.25) is 0 Å². The summed E-state index contributed by atoms with van der Waals surface area (Å²) in [5, 5.41) is 10.1. The summed E-state index contributed by atoms with van der Waals surface area (Å²) in [6.45, 7) is 0. The van der Waals surface area contributed by atoms with Gasteiger partial charge >= 0.3 is 0 Å². The van der Waals surface area contributed by atoms with E-state index in [1.807, 2.05) is 48.5 Å². The molecular weight excluding hydrogens is 377 g/mol. The first-order valence-electron chi connectivity index (χ1n) is 8.65. The number of rotatable bonds is 3. The summed E-state index contributed by atoms with van der Waals surface area (Å²) in [5.41, 5.74) is 4.28. The zero-order valence-electron chi connectivity index (χ0n) is 14.5. The molecule has 0 aliphatic rings. The fourth-order valence-electron chi connectivity index (χ4n) is 3.22. The van der Waals surface area contributed by atoms with Gasteiger partial charge in [0.15, 0.2) is 5.76 Å². The van der Waals surface area contributed by atoms with Crippen molar-refractivity contribution < 1.29 is 8.91 Å². The number of nitrogens with zero attached hydrogens (tertiary/aromatic N) is 3. The van der Waals surface area contributed by atoms with Crippen LogP contribution in [-0.4, -0.2) is 14.9 Å². The first-order chi connectivity index (χ1) is 13.7. The molecule has 5 aromatic rings. The largest absolute Gasteiger partial charge is 0.355 e. The Morgan fingerprint density at radius 1 is 0.857 bits per heavy atom. The number of fused-ring (bicyclic) bond motifs is 1. The molecule has 2 aromatic heterocycles. The summed E-state index contributed by atoms with van der Waals surface area (Å²) in [6.07, 6.45) is 1.72. The molecule has 0 amide bonds. The minimum Gasteiger partial charge on any atom is -0.355 e. The highest BCUT2D eigenvalue weighted by Gasteiger charge is 2.14. The van der Waals surface area contributed by atoms with E-state index in [-0.39, 0.29) is 5.82 Å². The summed E-state index contributed by atoms with van der Waals surface area (Å²) >= 11 is 5.99. The third kappa shape index (κ3) is 2.86. The van der Waals surface area contributed by atoms with Crippen molar-refractivity contribution in [2.45, 2.75) is 0 Å². The minimum atomic E-state index is -0.282. The number of hydrogen-bond donors (Lipinski definition) is 0. The monoisotopic (exact) mass is 389 g/mol. The van der Waals surface area contributed by atoms with Crippen LogP contribution in [0.2, 0.25) is 5.02 Å². The summed E-state index contributed by atoms with van der Waals surface area (Å²) in [5.74, 6) is 0.400. The van der Waals surface area contributed by atoms with E-state index in [1.165, 1.54) is 12.1 Å². The van der Waals surface area contributed by atoms with E-state index < -0.39 is 0 Å². The lowest BCUT2D eigenvalue weighted by atomic mass is 10.0. The molecule has 0 fully saturated rings. The molecule has 28 heavy (non-hydrogen) atoms. The molecule has 2 heterocycles. The molecule has 0 aliphatic heterocycles. The van der Waals surface area contributed by atoms with Crippen molar-refractivity contribution >= 4 is 22.5 Å². The second-order valence-corrected chi connectivity index (χ2v) is 6.79. The predicted molar refractivity (Wildman–Crippen MR) is 107 cm³/mol. The van der Waals surface area contributed by atoms with Gasteiger partial charge in [0.1, 0.15) is 11.3 Å². The van der Waals surface area contributed by atoms with E-state index in [2.05, 4.69) is 10.3 Å². The van der Waals surface area contributed by atoms with Crippen LogP contribution in [0.15, 0.2) is 83.5 Å². The Bertz CT molecular complexity index is 1270. The highest BCUT2D eigenvalue weighted by molar-refractivity contribution is 6.30. The van der Waals surface area contributed by atoms with Gasteiger partial charge in [-0.15, -0.1) is 0 Å². The molecule has 0 saturated carbocycles. The average molecular weight is 390 g/mol. The molecule has 136 valence electrons. The van der Waals surface area contributed by atoms with E-state index >= 15 is 0 Å². The van der Waals surface area contributed by atoms with Crippen LogP contribution in [0.25, 0.3) is 39.2 Å². The van der Waals surface area contributed by atoms with Crippen molar-refractivity contribution in [3.8, 4) is 28.3 Å². The van der Waals surface area contributed by atoms with Crippen LogP contribution < -0.4 is 0 Å². The number of halogens is 2. The molecule has 0 radical (unpaired) electrons. The second-order valence-electron chi connectivity index (χ2n) is 6.36. The lowest BCUT2D eigenvalue weighted by molar-refractivity contribution is 0.441. The summed E-state index contributed by atoms with van der Waals surface area (Å²) in [4.78, 5) is 0. The molecule has 0 atom stereocenters. The van der Waals surface area contributed by atoms with Crippen LogP contribution in [0.4, 0.5) is 4.39 Å². The van der Waals surface area contributed by atoms with Crippen LogP contribution in [0.1, 0.15) is 0 Å². The van der Waals surface area contributed by atoms with Gasteiger partial charge in [0.25, 0.3) is 0 Å². The predicted octanol–water partition coefficient (Wildman–Crippen LogP) is 6.14. The van der Waals surface area contributed by atoms with Crippen molar-refractivity contribution in [2.24, 2.45) is 0 Å². The Balaban J connectivity index is 1.63. The average Bonchev–Trinajstić information content (AvgIpc) is 3.36. The zero-order chi connectivity index (χ0) is 19.1. The van der Waals surface area contributed by atoms with Gasteiger partial charge in [0, 0.05) is 16.1 Å². The molecule has 3 aromatic carbocycles. The highest BCUT2D eigenvalue weighted by Crippen LogP contribution is 2.33. The van der Waals surface area contributed by atoms with Crippen LogP contribution >= 0.6 is 11.6 Å². The lowest BCUT2D eigenvalue weighted by Crippen LogP contribution is -1.98. The smallest absolute Gasteiger partial charge is 0.174 e. The van der Waals surface area contributed by atoms with Gasteiger partial charge < -0.3 is 4.52 Å². The quantitative estimate of drug-likeness (QED) is 0.372. The van der Waals surface area contributed by atoms with Gasteiger partial charge in [-0.05, 0) is 66.7 Å².